The second-order valence-electron chi connectivity index (χ2n) is 5.19. The number of aliphatic hydroxyl groups excluding tert-OH is 2. The predicted octanol–water partition coefficient (Wildman–Crippen LogP) is 3.31. The van der Waals surface area contributed by atoms with E-state index in [1.807, 2.05) is 65.0 Å². The minimum absolute atomic E-state index is 0.0354. The fourth-order valence-electron chi connectivity index (χ4n) is 1.93. The third kappa shape index (κ3) is 8.19. The first-order valence-electron chi connectivity index (χ1n) is 8.88. The van der Waals surface area contributed by atoms with Crippen LogP contribution in [0.4, 0.5) is 0 Å². The Morgan fingerprint density at radius 1 is 1.31 bits per heavy atom. The van der Waals surface area contributed by atoms with Gasteiger partial charge in [0, 0.05) is 5.22 Å². The van der Waals surface area contributed by atoms with E-state index < -0.39 is 6.10 Å². The Labute approximate surface area is 156 Å². The molecule has 1 atom stereocenters. The van der Waals surface area contributed by atoms with E-state index in [-0.39, 0.29) is 13.2 Å². The summed E-state index contributed by atoms with van der Waals surface area (Å²) in [4.78, 5) is 0. The Morgan fingerprint density at radius 3 is 2.54 bits per heavy atom. The molecule has 0 aliphatic carbocycles. The van der Waals surface area contributed by atoms with Gasteiger partial charge in [0.25, 0.3) is 0 Å². The highest BCUT2D eigenvalue weighted by Crippen LogP contribution is 2.12. The molecule has 1 unspecified atom stereocenters. The number of hydrogen-bond donors (Lipinski definition) is 2. The SMILES string of the molecule is C=C/C=c1/oc(/C(C)=C/C=C(\C=C/C)OCC(O)CO)c/c1=C/C.CC. The summed E-state index contributed by atoms with van der Waals surface area (Å²) in [5.41, 5.74) is 1.71. The van der Waals surface area contributed by atoms with Crippen LogP contribution in [0.25, 0.3) is 17.7 Å². The van der Waals surface area contributed by atoms with Crippen LogP contribution < -0.4 is 10.6 Å². The molecule has 1 aromatic rings. The first-order valence-corrected chi connectivity index (χ1v) is 8.88. The number of aliphatic hydroxyl groups is 2. The molecular weight excluding hydrogens is 328 g/mol. The highest BCUT2D eigenvalue weighted by Gasteiger charge is 2.04. The Morgan fingerprint density at radius 2 is 2.00 bits per heavy atom. The third-order valence-corrected chi connectivity index (χ3v) is 3.24. The second kappa shape index (κ2) is 13.9. The average molecular weight is 360 g/mol. The highest BCUT2D eigenvalue weighted by molar-refractivity contribution is 5.61. The number of furan rings is 1. The van der Waals surface area contributed by atoms with Crippen LogP contribution in [0.5, 0.6) is 0 Å². The summed E-state index contributed by atoms with van der Waals surface area (Å²) in [6.07, 6.45) is 11.9. The van der Waals surface area contributed by atoms with E-state index in [0.717, 1.165) is 22.0 Å². The van der Waals surface area contributed by atoms with E-state index in [1.54, 1.807) is 18.2 Å². The second-order valence-corrected chi connectivity index (χ2v) is 5.19. The molecule has 1 aromatic heterocycles. The molecule has 144 valence electrons. The van der Waals surface area contributed by atoms with Crippen molar-refractivity contribution >= 4 is 17.7 Å². The van der Waals surface area contributed by atoms with Gasteiger partial charge in [-0.05, 0) is 50.6 Å². The van der Waals surface area contributed by atoms with Gasteiger partial charge < -0.3 is 19.4 Å². The lowest BCUT2D eigenvalue weighted by Crippen LogP contribution is -2.18. The molecule has 0 aromatic carbocycles. The Hall–Kier alpha value is -2.30. The van der Waals surface area contributed by atoms with Gasteiger partial charge in [-0.15, -0.1) is 0 Å². The zero-order chi connectivity index (χ0) is 19.9. The minimum Gasteiger partial charge on any atom is -0.491 e. The van der Waals surface area contributed by atoms with E-state index >= 15 is 0 Å². The first-order chi connectivity index (χ1) is 12.5. The molecule has 4 heteroatoms. The molecule has 2 N–H and O–H groups in total. The van der Waals surface area contributed by atoms with Gasteiger partial charge in [-0.25, -0.2) is 0 Å². The molecule has 0 bridgehead atoms. The Kier molecular flexibility index (Phi) is 12.7. The molecule has 0 aliphatic heterocycles. The smallest absolute Gasteiger partial charge is 0.134 e. The number of ether oxygens (including phenoxy) is 1. The van der Waals surface area contributed by atoms with Gasteiger partial charge in [-0.2, -0.15) is 0 Å². The van der Waals surface area contributed by atoms with E-state index in [1.165, 1.54) is 0 Å². The molecule has 0 amide bonds. The number of rotatable bonds is 8. The summed E-state index contributed by atoms with van der Waals surface area (Å²) in [7, 11) is 0. The topological polar surface area (TPSA) is 62.8 Å². The minimum atomic E-state index is -0.895. The van der Waals surface area contributed by atoms with Crippen LogP contribution in [0.1, 0.15) is 40.4 Å². The van der Waals surface area contributed by atoms with Crippen LogP contribution in [-0.4, -0.2) is 29.5 Å². The molecule has 0 aliphatic rings. The lowest BCUT2D eigenvalue weighted by Gasteiger charge is -2.10. The first kappa shape index (κ1) is 23.7. The number of allylic oxidation sites excluding steroid dienone is 6. The van der Waals surface area contributed by atoms with Crippen molar-refractivity contribution in [2.24, 2.45) is 0 Å². The molecule has 0 fully saturated rings. The zero-order valence-electron chi connectivity index (χ0n) is 16.5. The van der Waals surface area contributed by atoms with Crippen LogP contribution in [0.15, 0.2) is 53.2 Å². The van der Waals surface area contributed by atoms with Crippen molar-refractivity contribution in [1.29, 1.82) is 0 Å². The summed E-state index contributed by atoms with van der Waals surface area (Å²) in [5, 5.41) is 19.2. The normalized spacial score (nSPS) is 15.0. The average Bonchev–Trinajstić information content (AvgIpc) is 3.08. The van der Waals surface area contributed by atoms with E-state index in [4.69, 9.17) is 14.3 Å². The standard InChI is InChI=1S/C20H26O4.C2H6/c1-5-8-18(23-14-17(22)13-21)11-10-15(4)20-12-16(7-3)19(24-20)9-6-2;1-2/h5-12,17,21-22H,2,13-14H2,1,3-4H3;1-2H3/b8-5-,15-10+,16-7-,18-11+,19-9+;. The van der Waals surface area contributed by atoms with Gasteiger partial charge in [0.1, 0.15) is 29.6 Å². The zero-order valence-corrected chi connectivity index (χ0v) is 16.5. The lowest BCUT2D eigenvalue weighted by atomic mass is 10.2. The Bertz CT molecular complexity index is 733. The van der Waals surface area contributed by atoms with Crippen LogP contribution >= 0.6 is 0 Å². The van der Waals surface area contributed by atoms with Crippen molar-refractivity contribution < 1.29 is 19.4 Å². The van der Waals surface area contributed by atoms with Crippen molar-refractivity contribution in [1.82, 2.24) is 0 Å². The van der Waals surface area contributed by atoms with Crippen molar-refractivity contribution in [2.45, 2.75) is 40.7 Å². The summed E-state index contributed by atoms with van der Waals surface area (Å²) in [6, 6.07) is 1.97. The van der Waals surface area contributed by atoms with Crippen LogP contribution in [0.3, 0.4) is 0 Å². The largest absolute Gasteiger partial charge is 0.491 e. The molecule has 0 saturated carbocycles. The molecule has 0 saturated heterocycles. The molecule has 1 heterocycles. The molecule has 0 radical (unpaired) electrons. The van der Waals surface area contributed by atoms with Crippen molar-refractivity contribution in [3.05, 3.63) is 65.2 Å². The maximum Gasteiger partial charge on any atom is 0.134 e. The summed E-state index contributed by atoms with van der Waals surface area (Å²) in [6.45, 7) is 13.2. The molecule has 1 rings (SSSR count). The fourth-order valence-corrected chi connectivity index (χ4v) is 1.93. The fraction of sp³-hybridized carbons (Fsp3) is 0.364. The number of hydrogen-bond acceptors (Lipinski definition) is 4. The molecule has 0 spiro atoms. The van der Waals surface area contributed by atoms with E-state index in [2.05, 4.69) is 6.58 Å². The molecule has 26 heavy (non-hydrogen) atoms. The molecular formula is C22H32O4. The maximum absolute atomic E-state index is 9.37. The van der Waals surface area contributed by atoms with Crippen molar-refractivity contribution in [2.75, 3.05) is 13.2 Å². The van der Waals surface area contributed by atoms with Gasteiger partial charge in [0.15, 0.2) is 0 Å². The lowest BCUT2D eigenvalue weighted by molar-refractivity contribution is 0.0329. The summed E-state index contributed by atoms with van der Waals surface area (Å²) >= 11 is 0. The Balaban J connectivity index is 0.00000301. The monoisotopic (exact) mass is 360 g/mol. The highest BCUT2D eigenvalue weighted by atomic mass is 16.5. The van der Waals surface area contributed by atoms with Gasteiger partial charge in [0.2, 0.25) is 0 Å². The van der Waals surface area contributed by atoms with Gasteiger partial charge in [-0.3, -0.25) is 0 Å². The molecule has 4 nitrogen and oxygen atoms in total. The van der Waals surface area contributed by atoms with Crippen LogP contribution in [0, 0.1) is 0 Å². The van der Waals surface area contributed by atoms with Crippen LogP contribution in [-0.2, 0) is 4.74 Å². The quantitative estimate of drug-likeness (QED) is 0.551. The van der Waals surface area contributed by atoms with E-state index in [9.17, 15) is 5.11 Å². The van der Waals surface area contributed by atoms with Gasteiger partial charge >= 0.3 is 0 Å². The van der Waals surface area contributed by atoms with Crippen molar-refractivity contribution in [3.63, 3.8) is 0 Å². The maximum atomic E-state index is 9.37. The summed E-state index contributed by atoms with van der Waals surface area (Å²) < 4.78 is 11.3. The predicted molar refractivity (Wildman–Crippen MR) is 110 cm³/mol. The van der Waals surface area contributed by atoms with E-state index in [0.29, 0.717) is 5.76 Å². The van der Waals surface area contributed by atoms with Gasteiger partial charge in [0.05, 0.1) is 6.61 Å². The summed E-state index contributed by atoms with van der Waals surface area (Å²) in [5.74, 6) is 1.36. The van der Waals surface area contributed by atoms with Gasteiger partial charge in [-0.1, -0.05) is 44.7 Å². The van der Waals surface area contributed by atoms with Crippen LogP contribution in [0.2, 0.25) is 0 Å². The van der Waals surface area contributed by atoms with Crippen molar-refractivity contribution in [3.8, 4) is 0 Å². The third-order valence-electron chi connectivity index (χ3n) is 3.24.